The zero-order valence-corrected chi connectivity index (χ0v) is 13.6. The summed E-state index contributed by atoms with van der Waals surface area (Å²) < 4.78 is 23.5. The Hall–Kier alpha value is 0.310. The Morgan fingerprint density at radius 1 is 1.22 bits per heavy atom. The van der Waals surface area contributed by atoms with Gasteiger partial charge >= 0.3 is 0 Å². The predicted molar refractivity (Wildman–Crippen MR) is 78.9 cm³/mol. The van der Waals surface area contributed by atoms with Crippen LogP contribution < -0.4 is 0 Å². The molecule has 0 bridgehead atoms. The van der Waals surface area contributed by atoms with Crippen molar-refractivity contribution in [2.24, 2.45) is 0 Å². The highest BCUT2D eigenvalue weighted by Gasteiger charge is 2.29. The monoisotopic (exact) mass is 370 g/mol. The van der Waals surface area contributed by atoms with E-state index in [1.807, 2.05) is 39.8 Å². The van der Waals surface area contributed by atoms with Crippen molar-refractivity contribution >= 4 is 22.6 Å². The molecule has 1 rings (SSSR count). The van der Waals surface area contributed by atoms with Crippen molar-refractivity contribution in [3.63, 3.8) is 0 Å². The van der Waals surface area contributed by atoms with Gasteiger partial charge in [-0.1, -0.05) is 28.7 Å². The molecule has 1 aliphatic rings. The highest BCUT2D eigenvalue weighted by molar-refractivity contribution is 14.1. The Morgan fingerprint density at radius 3 is 2.50 bits per heavy atom. The Kier molecular flexibility index (Phi) is 7.70. The molecule has 18 heavy (non-hydrogen) atoms. The number of hydrogen-bond acceptors (Lipinski definition) is 4. The van der Waals surface area contributed by atoms with Gasteiger partial charge in [0, 0.05) is 11.0 Å². The van der Waals surface area contributed by atoms with Gasteiger partial charge in [-0.05, 0) is 33.8 Å². The lowest BCUT2D eigenvalue weighted by atomic mass is 10.1. The first-order valence-corrected chi connectivity index (χ1v) is 7.91. The van der Waals surface area contributed by atoms with E-state index in [4.69, 9.17) is 18.9 Å². The zero-order valence-electron chi connectivity index (χ0n) is 11.5. The summed E-state index contributed by atoms with van der Waals surface area (Å²) in [4.78, 5) is 0. The summed E-state index contributed by atoms with van der Waals surface area (Å²) in [5.74, 6) is 0. The fraction of sp³-hybridized carbons (Fsp3) is 0.846. The number of hydrogen-bond donors (Lipinski definition) is 0. The van der Waals surface area contributed by atoms with Crippen LogP contribution in [0.5, 0.6) is 0 Å². The molecule has 0 saturated heterocycles. The maximum absolute atomic E-state index is 5.84. The van der Waals surface area contributed by atoms with E-state index in [1.54, 1.807) is 0 Å². The second-order valence-electron chi connectivity index (χ2n) is 4.39. The Morgan fingerprint density at radius 2 is 1.94 bits per heavy atom. The zero-order chi connectivity index (χ0) is 13.5. The molecule has 1 aliphatic heterocycles. The first-order chi connectivity index (χ1) is 8.56. The van der Waals surface area contributed by atoms with Crippen LogP contribution in [0.1, 0.15) is 27.7 Å². The predicted octanol–water partition coefficient (Wildman–Crippen LogP) is 2.90. The van der Waals surface area contributed by atoms with Crippen molar-refractivity contribution < 1.29 is 18.9 Å². The standard InChI is InChI=1S/C13H23IO4/c1-5-15-10(4)17-11-6-7-13(16-9(2)3)18-12(11)8-14/h6-7,9-13H,5,8H2,1-4H3/t10?,11-,12+,13-/m0/s1. The molecule has 106 valence electrons. The van der Waals surface area contributed by atoms with E-state index in [-0.39, 0.29) is 30.9 Å². The van der Waals surface area contributed by atoms with Crippen LogP contribution in [0.15, 0.2) is 12.2 Å². The third kappa shape index (κ3) is 5.52. The third-order valence-corrected chi connectivity index (χ3v) is 3.31. The third-order valence-electron chi connectivity index (χ3n) is 2.44. The molecule has 1 heterocycles. The molecule has 0 amide bonds. The lowest BCUT2D eigenvalue weighted by Crippen LogP contribution is -2.41. The minimum absolute atomic E-state index is 0.00209. The Bertz CT molecular complexity index is 257. The van der Waals surface area contributed by atoms with Crippen molar-refractivity contribution in [2.45, 2.75) is 58.6 Å². The molecule has 0 aromatic rings. The Balaban J connectivity index is 2.53. The minimum Gasteiger partial charge on any atom is -0.353 e. The lowest BCUT2D eigenvalue weighted by Gasteiger charge is -2.33. The van der Waals surface area contributed by atoms with Crippen LogP contribution in [-0.4, -0.2) is 41.9 Å². The number of alkyl halides is 1. The molecule has 0 aromatic carbocycles. The van der Waals surface area contributed by atoms with Crippen LogP contribution in [0.3, 0.4) is 0 Å². The van der Waals surface area contributed by atoms with Crippen LogP contribution in [0, 0.1) is 0 Å². The fourth-order valence-electron chi connectivity index (χ4n) is 1.72. The molecular formula is C13H23IO4. The largest absolute Gasteiger partial charge is 0.353 e. The van der Waals surface area contributed by atoms with Crippen LogP contribution >= 0.6 is 22.6 Å². The van der Waals surface area contributed by atoms with E-state index in [0.29, 0.717) is 6.61 Å². The van der Waals surface area contributed by atoms with Crippen molar-refractivity contribution in [3.8, 4) is 0 Å². The van der Waals surface area contributed by atoms with Gasteiger partial charge in [0.05, 0.1) is 12.2 Å². The lowest BCUT2D eigenvalue weighted by molar-refractivity contribution is -0.217. The minimum atomic E-state index is -0.271. The van der Waals surface area contributed by atoms with E-state index >= 15 is 0 Å². The van der Waals surface area contributed by atoms with E-state index in [0.717, 1.165) is 4.43 Å². The van der Waals surface area contributed by atoms with E-state index in [1.165, 1.54) is 0 Å². The molecule has 0 spiro atoms. The summed E-state index contributed by atoms with van der Waals surface area (Å²) in [6.07, 6.45) is 3.50. The summed E-state index contributed by atoms with van der Waals surface area (Å²) in [5, 5.41) is 0. The molecule has 0 aliphatic carbocycles. The van der Waals surface area contributed by atoms with Gasteiger partial charge in [0.15, 0.2) is 12.6 Å². The van der Waals surface area contributed by atoms with Crippen molar-refractivity contribution in [2.75, 3.05) is 11.0 Å². The summed E-state index contributed by atoms with van der Waals surface area (Å²) in [5.41, 5.74) is 0. The summed E-state index contributed by atoms with van der Waals surface area (Å²) in [7, 11) is 0. The van der Waals surface area contributed by atoms with Crippen molar-refractivity contribution in [3.05, 3.63) is 12.2 Å². The van der Waals surface area contributed by atoms with E-state index in [2.05, 4.69) is 22.6 Å². The molecule has 1 unspecified atom stereocenters. The molecule has 0 N–H and O–H groups in total. The summed E-state index contributed by atoms with van der Waals surface area (Å²) in [6, 6.07) is 0. The van der Waals surface area contributed by atoms with Gasteiger partial charge in [0.25, 0.3) is 0 Å². The van der Waals surface area contributed by atoms with Crippen LogP contribution in [0.2, 0.25) is 0 Å². The SMILES string of the molecule is CCOC(C)O[C@H]1C=C[C@@H](OC(C)C)O[C@@H]1CI. The van der Waals surface area contributed by atoms with Crippen molar-refractivity contribution in [1.29, 1.82) is 0 Å². The highest BCUT2D eigenvalue weighted by Crippen LogP contribution is 2.21. The number of halogens is 1. The van der Waals surface area contributed by atoms with Crippen LogP contribution in [0.4, 0.5) is 0 Å². The molecule has 0 fully saturated rings. The molecule has 5 heteroatoms. The van der Waals surface area contributed by atoms with Gasteiger partial charge < -0.3 is 18.9 Å². The molecule has 4 atom stereocenters. The highest BCUT2D eigenvalue weighted by atomic mass is 127. The van der Waals surface area contributed by atoms with Crippen LogP contribution in [0.25, 0.3) is 0 Å². The van der Waals surface area contributed by atoms with Gasteiger partial charge in [-0.25, -0.2) is 0 Å². The van der Waals surface area contributed by atoms with Gasteiger partial charge in [0.1, 0.15) is 6.10 Å². The van der Waals surface area contributed by atoms with E-state index in [9.17, 15) is 0 Å². The molecular weight excluding hydrogens is 347 g/mol. The smallest absolute Gasteiger partial charge is 0.177 e. The van der Waals surface area contributed by atoms with Gasteiger partial charge in [-0.2, -0.15) is 0 Å². The number of rotatable bonds is 7. The fourth-order valence-corrected chi connectivity index (χ4v) is 2.43. The van der Waals surface area contributed by atoms with Gasteiger partial charge in [-0.15, -0.1) is 0 Å². The summed E-state index contributed by atoms with van der Waals surface area (Å²) in [6.45, 7) is 8.49. The Labute approximate surface area is 123 Å². The summed E-state index contributed by atoms with van der Waals surface area (Å²) >= 11 is 2.30. The average Bonchev–Trinajstić information content (AvgIpc) is 2.30. The molecule has 0 aromatic heterocycles. The topological polar surface area (TPSA) is 36.9 Å². The van der Waals surface area contributed by atoms with Gasteiger partial charge in [0.2, 0.25) is 0 Å². The molecule has 0 saturated carbocycles. The quantitative estimate of drug-likeness (QED) is 0.299. The maximum atomic E-state index is 5.84. The average molecular weight is 370 g/mol. The number of ether oxygens (including phenoxy) is 4. The molecule has 4 nitrogen and oxygen atoms in total. The van der Waals surface area contributed by atoms with Crippen LogP contribution in [-0.2, 0) is 18.9 Å². The second-order valence-corrected chi connectivity index (χ2v) is 5.27. The first kappa shape index (κ1) is 16.4. The van der Waals surface area contributed by atoms with Gasteiger partial charge in [-0.3, -0.25) is 0 Å². The van der Waals surface area contributed by atoms with Crippen molar-refractivity contribution in [1.82, 2.24) is 0 Å². The first-order valence-electron chi connectivity index (χ1n) is 6.39. The second kappa shape index (κ2) is 8.47. The van der Waals surface area contributed by atoms with E-state index < -0.39 is 0 Å². The normalized spacial score (nSPS) is 29.8. The maximum Gasteiger partial charge on any atom is 0.177 e. The molecule has 0 radical (unpaired) electrons.